The molecule has 1 aromatic carbocycles. The van der Waals surface area contributed by atoms with Crippen LogP contribution in [0.1, 0.15) is 6.42 Å². The van der Waals surface area contributed by atoms with E-state index in [1.165, 1.54) is 10.4 Å². The molecular weight excluding hydrogens is 282 g/mol. The molecule has 1 fully saturated rings. The molecule has 1 saturated heterocycles. The molecule has 4 rings (SSSR count). The summed E-state index contributed by atoms with van der Waals surface area (Å²) < 4.78 is 0. The summed E-state index contributed by atoms with van der Waals surface area (Å²) in [5.74, 6) is 0.940. The van der Waals surface area contributed by atoms with Gasteiger partial charge in [-0.1, -0.05) is 30.3 Å². The van der Waals surface area contributed by atoms with Gasteiger partial charge in [0.25, 0.3) is 0 Å². The number of aliphatic hydroxyl groups is 1. The van der Waals surface area contributed by atoms with Crippen molar-refractivity contribution < 1.29 is 5.11 Å². The lowest BCUT2D eigenvalue weighted by molar-refractivity contribution is 0.198. The van der Waals surface area contributed by atoms with E-state index in [2.05, 4.69) is 33.1 Å². The van der Waals surface area contributed by atoms with E-state index >= 15 is 0 Å². The maximum atomic E-state index is 9.73. The Morgan fingerprint density at radius 3 is 2.81 bits per heavy atom. The summed E-state index contributed by atoms with van der Waals surface area (Å²) in [4.78, 5) is 13.2. The first kappa shape index (κ1) is 12.7. The summed E-state index contributed by atoms with van der Waals surface area (Å²) in [7, 11) is 0. The highest BCUT2D eigenvalue weighted by molar-refractivity contribution is 7.21. The second-order valence-electron chi connectivity index (χ2n) is 5.28. The van der Waals surface area contributed by atoms with Crippen molar-refractivity contribution in [3.63, 3.8) is 0 Å². The molecular formula is C16H15N3OS. The Morgan fingerprint density at radius 2 is 2.05 bits per heavy atom. The second kappa shape index (κ2) is 5.09. The van der Waals surface area contributed by atoms with Crippen LogP contribution in [-0.2, 0) is 0 Å². The Hall–Kier alpha value is -1.98. The number of fused-ring (bicyclic) bond motifs is 1. The molecule has 106 valence electrons. The molecule has 3 aromatic rings. The Bertz CT molecular complexity index is 772. The summed E-state index contributed by atoms with van der Waals surface area (Å²) in [6.45, 7) is 1.51. The predicted octanol–water partition coefficient (Wildman–Crippen LogP) is 2.93. The van der Waals surface area contributed by atoms with Crippen LogP contribution in [0.5, 0.6) is 0 Å². The third-order valence-electron chi connectivity index (χ3n) is 3.83. The van der Waals surface area contributed by atoms with Crippen LogP contribution in [0, 0.1) is 0 Å². The Morgan fingerprint density at radius 1 is 1.19 bits per heavy atom. The van der Waals surface area contributed by atoms with E-state index in [1.54, 1.807) is 17.7 Å². The minimum atomic E-state index is -0.248. The lowest BCUT2D eigenvalue weighted by Gasteiger charge is -2.16. The van der Waals surface area contributed by atoms with E-state index in [4.69, 9.17) is 0 Å². The van der Waals surface area contributed by atoms with Crippen LogP contribution in [0.2, 0.25) is 0 Å². The van der Waals surface area contributed by atoms with Crippen molar-refractivity contribution in [1.82, 2.24) is 9.97 Å². The molecule has 0 bridgehead atoms. The van der Waals surface area contributed by atoms with Crippen molar-refractivity contribution in [2.24, 2.45) is 0 Å². The molecule has 4 nitrogen and oxygen atoms in total. The average Bonchev–Trinajstić information content (AvgIpc) is 3.14. The van der Waals surface area contributed by atoms with Crippen molar-refractivity contribution in [2.75, 3.05) is 18.0 Å². The summed E-state index contributed by atoms with van der Waals surface area (Å²) in [5, 5.41) is 10.8. The van der Waals surface area contributed by atoms with E-state index in [1.807, 2.05) is 18.2 Å². The van der Waals surface area contributed by atoms with Crippen LogP contribution in [0.3, 0.4) is 0 Å². The lowest BCUT2D eigenvalue weighted by atomic mass is 10.2. The molecule has 0 saturated carbocycles. The number of nitrogens with zero attached hydrogens (tertiary/aromatic N) is 3. The largest absolute Gasteiger partial charge is 0.391 e. The maximum Gasteiger partial charge on any atom is 0.140 e. The maximum absolute atomic E-state index is 9.73. The normalized spacial score (nSPS) is 18.5. The number of benzene rings is 1. The molecule has 1 aliphatic heterocycles. The number of aliphatic hydroxyl groups excluding tert-OH is 1. The fourth-order valence-electron chi connectivity index (χ4n) is 2.77. The highest BCUT2D eigenvalue weighted by Crippen LogP contribution is 2.36. The number of rotatable bonds is 2. The zero-order valence-electron chi connectivity index (χ0n) is 11.4. The number of β-amino-alcohol motifs (C(OH)–C–C–N with tert-alkyl or cyclic N) is 1. The molecule has 2 aromatic heterocycles. The van der Waals surface area contributed by atoms with Gasteiger partial charge in [0.2, 0.25) is 0 Å². The van der Waals surface area contributed by atoms with Crippen LogP contribution < -0.4 is 4.90 Å². The molecule has 0 amide bonds. The molecule has 21 heavy (non-hydrogen) atoms. The summed E-state index contributed by atoms with van der Waals surface area (Å²) in [6, 6.07) is 12.5. The molecule has 1 N–H and O–H groups in total. The highest BCUT2D eigenvalue weighted by Gasteiger charge is 2.23. The first-order valence-corrected chi connectivity index (χ1v) is 7.86. The Kier molecular flexibility index (Phi) is 3.09. The highest BCUT2D eigenvalue weighted by atomic mass is 32.1. The van der Waals surface area contributed by atoms with E-state index in [-0.39, 0.29) is 6.10 Å². The molecule has 0 radical (unpaired) electrons. The van der Waals surface area contributed by atoms with Gasteiger partial charge in [-0.15, -0.1) is 11.3 Å². The van der Waals surface area contributed by atoms with Crippen LogP contribution >= 0.6 is 11.3 Å². The van der Waals surface area contributed by atoms with Gasteiger partial charge in [-0.25, -0.2) is 9.97 Å². The third kappa shape index (κ3) is 2.28. The van der Waals surface area contributed by atoms with Crippen LogP contribution in [0.4, 0.5) is 5.82 Å². The number of hydrogen-bond donors (Lipinski definition) is 1. The van der Waals surface area contributed by atoms with Crippen LogP contribution in [-0.4, -0.2) is 34.3 Å². The monoisotopic (exact) mass is 297 g/mol. The Balaban J connectivity index is 1.81. The first-order valence-electron chi connectivity index (χ1n) is 7.04. The van der Waals surface area contributed by atoms with Crippen molar-refractivity contribution in [3.05, 3.63) is 42.7 Å². The topological polar surface area (TPSA) is 49.2 Å². The molecule has 0 unspecified atom stereocenters. The van der Waals surface area contributed by atoms with Gasteiger partial charge in [-0.2, -0.15) is 0 Å². The van der Waals surface area contributed by atoms with E-state index in [9.17, 15) is 5.11 Å². The molecule has 0 aliphatic carbocycles. The number of thiophene rings is 1. The zero-order valence-corrected chi connectivity index (χ0v) is 12.3. The molecule has 3 heterocycles. The van der Waals surface area contributed by atoms with E-state index in [0.29, 0.717) is 6.54 Å². The van der Waals surface area contributed by atoms with Gasteiger partial charge >= 0.3 is 0 Å². The standard InChI is InChI=1S/C16H15N3OS/c20-12-6-7-19(9-12)15-13-8-14(11-4-2-1-3-5-11)21-16(13)18-10-17-15/h1-5,8,10,12,20H,6-7,9H2/t12-/m0/s1. The number of hydrogen-bond acceptors (Lipinski definition) is 5. The average molecular weight is 297 g/mol. The van der Waals surface area contributed by atoms with Crippen LogP contribution in [0.15, 0.2) is 42.7 Å². The quantitative estimate of drug-likeness (QED) is 0.790. The number of aromatic nitrogens is 2. The molecule has 0 spiro atoms. The van der Waals surface area contributed by atoms with Gasteiger partial charge in [0.05, 0.1) is 11.5 Å². The fraction of sp³-hybridized carbons (Fsp3) is 0.250. The summed E-state index contributed by atoms with van der Waals surface area (Å²) in [6.07, 6.45) is 2.18. The second-order valence-corrected chi connectivity index (χ2v) is 6.31. The summed E-state index contributed by atoms with van der Waals surface area (Å²) >= 11 is 1.68. The van der Waals surface area contributed by atoms with Gasteiger partial charge in [-0.3, -0.25) is 0 Å². The minimum absolute atomic E-state index is 0.248. The molecule has 1 atom stereocenters. The first-order chi connectivity index (χ1) is 10.3. The van der Waals surface area contributed by atoms with Gasteiger partial charge in [0, 0.05) is 18.0 Å². The van der Waals surface area contributed by atoms with Crippen molar-refractivity contribution in [3.8, 4) is 10.4 Å². The smallest absolute Gasteiger partial charge is 0.140 e. The van der Waals surface area contributed by atoms with Gasteiger partial charge in [0.15, 0.2) is 0 Å². The van der Waals surface area contributed by atoms with Gasteiger partial charge < -0.3 is 10.0 Å². The van der Waals surface area contributed by atoms with Crippen molar-refractivity contribution in [2.45, 2.75) is 12.5 Å². The SMILES string of the molecule is O[C@H]1CCN(c2ncnc3sc(-c4ccccc4)cc23)C1. The van der Waals surface area contributed by atoms with E-state index in [0.717, 1.165) is 29.0 Å². The Labute approximate surface area is 126 Å². The third-order valence-corrected chi connectivity index (χ3v) is 4.92. The zero-order chi connectivity index (χ0) is 14.2. The minimum Gasteiger partial charge on any atom is -0.391 e. The van der Waals surface area contributed by atoms with Crippen molar-refractivity contribution >= 4 is 27.4 Å². The van der Waals surface area contributed by atoms with Crippen LogP contribution in [0.25, 0.3) is 20.7 Å². The van der Waals surface area contributed by atoms with Gasteiger partial charge in [-0.05, 0) is 18.1 Å². The lowest BCUT2D eigenvalue weighted by Crippen LogP contribution is -2.22. The number of anilines is 1. The molecule has 5 heteroatoms. The van der Waals surface area contributed by atoms with Gasteiger partial charge in [0.1, 0.15) is 17.0 Å². The summed E-state index contributed by atoms with van der Waals surface area (Å²) in [5.41, 5.74) is 1.20. The van der Waals surface area contributed by atoms with E-state index < -0.39 is 0 Å². The molecule has 1 aliphatic rings. The van der Waals surface area contributed by atoms with Crippen molar-refractivity contribution in [1.29, 1.82) is 0 Å². The fourth-order valence-corrected chi connectivity index (χ4v) is 3.77. The predicted molar refractivity (Wildman–Crippen MR) is 85.7 cm³/mol.